The van der Waals surface area contributed by atoms with Crippen molar-refractivity contribution in [2.45, 2.75) is 18.4 Å². The summed E-state index contributed by atoms with van der Waals surface area (Å²) in [6.07, 6.45) is 11.8. The predicted octanol–water partition coefficient (Wildman–Crippen LogP) is 18.5. The number of nitrogens with zero attached hydrogens (tertiary/aromatic N) is 3. The van der Waals surface area contributed by atoms with Crippen LogP contribution in [-0.4, -0.2) is 17.0 Å². The third kappa shape index (κ3) is 7.43. The van der Waals surface area contributed by atoms with Gasteiger partial charge in [-0.25, -0.2) is 0 Å². The van der Waals surface area contributed by atoms with Gasteiger partial charge in [-0.05, 0) is 96.1 Å². The van der Waals surface area contributed by atoms with Gasteiger partial charge < -0.3 is 13.4 Å². The lowest BCUT2D eigenvalue weighted by Gasteiger charge is -2.11. The molecule has 0 aliphatic carbocycles. The van der Waals surface area contributed by atoms with Crippen molar-refractivity contribution in [2.75, 3.05) is 0 Å². The van der Waals surface area contributed by atoms with Crippen LogP contribution >= 0.6 is 11.8 Å². The van der Waals surface area contributed by atoms with Crippen LogP contribution < -0.4 is 0 Å². The van der Waals surface area contributed by atoms with Crippen LogP contribution in [0.5, 0.6) is 0 Å². The van der Waals surface area contributed by atoms with E-state index in [1.165, 1.54) is 0 Å². The van der Waals surface area contributed by atoms with Crippen molar-refractivity contribution in [3.05, 3.63) is 247 Å². The van der Waals surface area contributed by atoms with Crippen molar-refractivity contribution >= 4 is 103 Å². The van der Waals surface area contributed by atoms with Gasteiger partial charge in [0.25, 0.3) is 0 Å². The zero-order valence-corrected chi connectivity index (χ0v) is 40.5. The minimum Gasteiger partial charge on any atom is -0.455 e. The van der Waals surface area contributed by atoms with Gasteiger partial charge in [0.2, 0.25) is 0 Å². The van der Waals surface area contributed by atoms with Crippen molar-refractivity contribution in [3.63, 3.8) is 0 Å². The van der Waals surface area contributed by atoms with Gasteiger partial charge in [0.05, 0.1) is 34.1 Å². The zero-order chi connectivity index (χ0) is 48.9. The van der Waals surface area contributed by atoms with Crippen LogP contribution in [0.4, 0.5) is 0 Å². The summed E-state index contributed by atoms with van der Waals surface area (Å²) in [6.45, 7) is 19.1. The van der Waals surface area contributed by atoms with Gasteiger partial charge in [-0.2, -0.15) is 0 Å². The van der Waals surface area contributed by atoms with E-state index >= 15 is 0 Å². The summed E-state index contributed by atoms with van der Waals surface area (Å²) in [6, 6.07) is 59.6. The molecular formula is C66H47N3O2S. The van der Waals surface area contributed by atoms with Gasteiger partial charge in [-0.3, -0.25) is 9.98 Å². The molecule has 344 valence electrons. The number of benzene rings is 8. The lowest BCUT2D eigenvalue weighted by molar-refractivity contribution is 0.669. The second-order valence-corrected chi connectivity index (χ2v) is 18.8. The Labute approximate surface area is 422 Å². The number of allylic oxidation sites excluding steroid dienone is 6. The lowest BCUT2D eigenvalue weighted by atomic mass is 9.97. The topological polar surface area (TPSA) is 55.9 Å². The monoisotopic (exact) mass is 945 g/mol. The SMILES string of the molecule is C=C/C=C(\C=C/C)n1c(C=C)c(C=C)c2cc(-c3ccc4c(c3)C(=NCc3ccc(-c5cccc6c5oc5ccccc56)cc3)/C(=C(\N=C)c3ccc(-c5cccc6c5oc5ccccc56)cc3)S4)ccc21. The van der Waals surface area contributed by atoms with E-state index in [1.54, 1.807) is 11.8 Å². The number of furan rings is 2. The highest BCUT2D eigenvalue weighted by atomic mass is 32.2. The zero-order valence-electron chi connectivity index (χ0n) is 39.7. The number of thioether (sulfide) groups is 1. The molecule has 12 rings (SSSR count). The van der Waals surface area contributed by atoms with E-state index in [1.807, 2.05) is 61.6 Å². The van der Waals surface area contributed by atoms with Crippen LogP contribution in [-0.2, 0) is 6.54 Å². The average molecular weight is 946 g/mol. The number of aliphatic imine (C=N–C) groups is 2. The standard InChI is InChI=1S/C66H47N3O2S/c1-6-16-47(17-7-2)69-57(9-4)48(8-3)55-38-45(34-36-58(55)69)46-35-37-61-56(39-46)63(68-40-41-26-28-42(29-27-41)49-20-14-22-53-51-18-10-12-24-59(51)70-64(49)53)66(72-61)62(67-5)44-32-30-43(31-33-44)50-21-15-23-54-52-19-11-13-25-60(52)71-65(50)54/h6-39H,1,3-5,40H2,2H3/b17-7-,47-16+,66-62+,68-63?. The molecule has 8 aromatic carbocycles. The Hall–Kier alpha value is -8.97. The van der Waals surface area contributed by atoms with Crippen molar-refractivity contribution in [3.8, 4) is 33.4 Å². The molecule has 0 unspecified atom stereocenters. The van der Waals surface area contributed by atoms with E-state index < -0.39 is 0 Å². The molecule has 0 atom stereocenters. The van der Waals surface area contributed by atoms with E-state index in [0.29, 0.717) is 6.54 Å². The summed E-state index contributed by atoms with van der Waals surface area (Å²) in [5, 5.41) is 5.52. The molecular weight excluding hydrogens is 899 g/mol. The Balaban J connectivity index is 0.949. The van der Waals surface area contributed by atoms with Crippen molar-refractivity contribution < 1.29 is 8.83 Å². The van der Waals surface area contributed by atoms with Gasteiger partial charge in [-0.1, -0.05) is 183 Å². The van der Waals surface area contributed by atoms with E-state index in [9.17, 15) is 0 Å². The predicted molar refractivity (Wildman–Crippen MR) is 308 cm³/mol. The summed E-state index contributed by atoms with van der Waals surface area (Å²) in [4.78, 5) is 12.3. The Bertz CT molecular complexity index is 4170. The molecule has 0 N–H and O–H groups in total. The molecule has 5 nitrogen and oxygen atoms in total. The van der Waals surface area contributed by atoms with Crippen molar-refractivity contribution in [2.24, 2.45) is 9.98 Å². The summed E-state index contributed by atoms with van der Waals surface area (Å²) >= 11 is 1.69. The molecule has 3 aromatic heterocycles. The molecule has 1 aliphatic heterocycles. The van der Waals surface area contributed by atoms with E-state index in [4.69, 9.17) is 18.8 Å². The number of fused-ring (bicyclic) bond motifs is 8. The first-order valence-corrected chi connectivity index (χ1v) is 24.8. The molecule has 0 amide bonds. The fourth-order valence-corrected chi connectivity index (χ4v) is 11.5. The Morgan fingerprint density at radius 3 is 1.81 bits per heavy atom. The first kappa shape index (κ1) is 44.3. The van der Waals surface area contributed by atoms with Crippen LogP contribution in [0.2, 0.25) is 0 Å². The third-order valence-corrected chi connectivity index (χ3v) is 14.8. The van der Waals surface area contributed by atoms with Crippen LogP contribution in [0.3, 0.4) is 0 Å². The highest BCUT2D eigenvalue weighted by molar-refractivity contribution is 8.05. The number of para-hydroxylation sites is 4. The molecule has 0 saturated carbocycles. The maximum absolute atomic E-state index is 6.42. The van der Waals surface area contributed by atoms with Crippen molar-refractivity contribution in [1.29, 1.82) is 0 Å². The Morgan fingerprint density at radius 1 is 0.597 bits per heavy atom. The highest BCUT2D eigenvalue weighted by Crippen LogP contribution is 2.47. The molecule has 0 radical (unpaired) electrons. The summed E-state index contributed by atoms with van der Waals surface area (Å²) < 4.78 is 15.0. The maximum atomic E-state index is 6.42. The van der Waals surface area contributed by atoms with Crippen LogP contribution in [0.1, 0.15) is 34.9 Å². The maximum Gasteiger partial charge on any atom is 0.143 e. The van der Waals surface area contributed by atoms with Gasteiger partial charge in [-0.15, -0.1) is 0 Å². The summed E-state index contributed by atoms with van der Waals surface area (Å²) in [5.74, 6) is 0. The third-order valence-electron chi connectivity index (χ3n) is 13.7. The van der Waals surface area contributed by atoms with Crippen molar-refractivity contribution in [1.82, 2.24) is 4.57 Å². The first-order valence-electron chi connectivity index (χ1n) is 24.0. The number of hydrogen-bond acceptors (Lipinski definition) is 5. The smallest absolute Gasteiger partial charge is 0.143 e. The van der Waals surface area contributed by atoms with Crippen LogP contribution in [0.25, 0.3) is 112 Å². The quantitative estimate of drug-likeness (QED) is 0.0906. The molecule has 72 heavy (non-hydrogen) atoms. The lowest BCUT2D eigenvalue weighted by Crippen LogP contribution is -2.02. The Kier molecular flexibility index (Phi) is 11.3. The second-order valence-electron chi connectivity index (χ2n) is 17.8. The average Bonchev–Trinajstić information content (AvgIpc) is 4.19. The fraction of sp³-hybridized carbons (Fsp3) is 0.0303. The molecule has 0 fully saturated rings. The molecule has 6 heteroatoms. The van der Waals surface area contributed by atoms with Gasteiger partial charge in [0, 0.05) is 65.3 Å². The summed E-state index contributed by atoms with van der Waals surface area (Å²) in [5.41, 5.74) is 18.7. The minimum atomic E-state index is 0.461. The van der Waals surface area contributed by atoms with Crippen LogP contribution in [0.15, 0.2) is 243 Å². The van der Waals surface area contributed by atoms with E-state index in [0.717, 1.165) is 143 Å². The number of hydrogen-bond donors (Lipinski definition) is 0. The second kappa shape index (κ2) is 18.4. The fourth-order valence-electron chi connectivity index (χ4n) is 10.3. The molecule has 4 heterocycles. The largest absolute Gasteiger partial charge is 0.455 e. The number of rotatable bonds is 12. The van der Waals surface area contributed by atoms with Gasteiger partial charge >= 0.3 is 0 Å². The van der Waals surface area contributed by atoms with E-state index in [-0.39, 0.29) is 0 Å². The first-order chi connectivity index (χ1) is 35.5. The van der Waals surface area contributed by atoms with Crippen LogP contribution in [0, 0.1) is 0 Å². The molecule has 11 aromatic rings. The molecule has 0 spiro atoms. The molecule has 0 bridgehead atoms. The van der Waals surface area contributed by atoms with E-state index in [2.05, 4.69) is 183 Å². The highest BCUT2D eigenvalue weighted by Gasteiger charge is 2.29. The van der Waals surface area contributed by atoms with Gasteiger partial charge in [0.1, 0.15) is 22.3 Å². The normalized spacial score (nSPS) is 14.1. The summed E-state index contributed by atoms with van der Waals surface area (Å²) in [7, 11) is 0. The minimum absolute atomic E-state index is 0.461. The molecule has 0 saturated heterocycles. The Morgan fingerprint density at radius 2 is 1.19 bits per heavy atom. The number of aromatic nitrogens is 1. The molecule has 1 aliphatic rings. The van der Waals surface area contributed by atoms with Gasteiger partial charge in [0.15, 0.2) is 0 Å².